The maximum Gasteiger partial charge on any atom is 0.311 e. The van der Waals surface area contributed by atoms with Crippen LogP contribution in [0.1, 0.15) is 16.1 Å². The molecule has 0 fully saturated rings. The minimum Gasteiger partial charge on any atom is -0.464 e. The first-order valence-electron chi connectivity index (χ1n) is 9.43. The van der Waals surface area contributed by atoms with Crippen molar-refractivity contribution >= 4 is 29.1 Å². The molecule has 0 bridgehead atoms. The Morgan fingerprint density at radius 3 is 2.79 bits per heavy atom. The lowest BCUT2D eigenvalue weighted by atomic mass is 10.2. The predicted molar refractivity (Wildman–Crippen MR) is 114 cm³/mol. The van der Waals surface area contributed by atoms with Gasteiger partial charge in [-0.2, -0.15) is 5.10 Å². The number of aromatic nitrogens is 5. The van der Waals surface area contributed by atoms with Gasteiger partial charge in [-0.3, -0.25) is 20.2 Å². The second-order valence-electron chi connectivity index (χ2n) is 6.69. The fraction of sp³-hybridized carbons (Fsp3) is 0.100. The van der Waals surface area contributed by atoms with Gasteiger partial charge >= 0.3 is 5.69 Å². The van der Waals surface area contributed by atoms with Crippen molar-refractivity contribution in [1.82, 2.24) is 24.5 Å². The minimum absolute atomic E-state index is 0.0368. The van der Waals surface area contributed by atoms with Crippen molar-refractivity contribution in [3.05, 3.63) is 93.3 Å². The van der Waals surface area contributed by atoms with E-state index in [1.807, 2.05) is 18.2 Å². The van der Waals surface area contributed by atoms with E-state index in [9.17, 15) is 19.3 Å². The zero-order chi connectivity index (χ0) is 23.4. The van der Waals surface area contributed by atoms with Gasteiger partial charge in [0.15, 0.2) is 12.4 Å². The maximum atomic E-state index is 13.4. The smallest absolute Gasteiger partial charge is 0.311 e. The summed E-state index contributed by atoms with van der Waals surface area (Å²) in [6.45, 7) is 0.100. The molecule has 11 nitrogen and oxygen atoms in total. The van der Waals surface area contributed by atoms with Crippen LogP contribution in [0.2, 0.25) is 5.02 Å². The number of nitrogens with one attached hydrogen (secondary N) is 1. The lowest BCUT2D eigenvalue weighted by molar-refractivity contribution is -0.386. The molecule has 0 radical (unpaired) electrons. The summed E-state index contributed by atoms with van der Waals surface area (Å²) in [4.78, 5) is 26.8. The lowest BCUT2D eigenvalue weighted by Crippen LogP contribution is -2.15. The number of rotatable bonds is 8. The molecule has 1 amide bonds. The zero-order valence-electron chi connectivity index (χ0n) is 16.8. The van der Waals surface area contributed by atoms with E-state index in [0.29, 0.717) is 11.6 Å². The van der Waals surface area contributed by atoms with E-state index >= 15 is 0 Å². The van der Waals surface area contributed by atoms with E-state index in [-0.39, 0.29) is 29.8 Å². The number of nitro groups is 1. The molecule has 4 rings (SSSR count). The fourth-order valence-electron chi connectivity index (χ4n) is 2.84. The molecule has 0 aliphatic rings. The monoisotopic (exact) mass is 471 g/mol. The van der Waals surface area contributed by atoms with Gasteiger partial charge < -0.3 is 4.74 Å². The van der Waals surface area contributed by atoms with Crippen molar-refractivity contribution in [2.45, 2.75) is 13.3 Å². The van der Waals surface area contributed by atoms with Gasteiger partial charge in [-0.25, -0.2) is 18.7 Å². The summed E-state index contributed by atoms with van der Waals surface area (Å²) in [5, 5.41) is 22.4. The van der Waals surface area contributed by atoms with Gasteiger partial charge in [-0.15, -0.1) is 5.10 Å². The van der Waals surface area contributed by atoms with E-state index in [4.69, 9.17) is 16.3 Å². The predicted octanol–water partition coefficient (Wildman–Crippen LogP) is 3.51. The molecule has 0 aliphatic carbocycles. The second-order valence-corrected chi connectivity index (χ2v) is 7.10. The SMILES string of the molecule is O=C(Nc1ncn(Cc2ccccc2Cl)n1)c1ccn(COc2cc(F)ccc2[N+](=O)[O-])n1. The zero-order valence-corrected chi connectivity index (χ0v) is 17.5. The number of halogens is 2. The second kappa shape index (κ2) is 9.44. The van der Waals surface area contributed by atoms with E-state index in [0.717, 1.165) is 23.8 Å². The highest BCUT2D eigenvalue weighted by Gasteiger charge is 2.17. The molecule has 0 unspecified atom stereocenters. The molecule has 1 N–H and O–H groups in total. The van der Waals surface area contributed by atoms with Crippen molar-refractivity contribution in [2.24, 2.45) is 0 Å². The third-order valence-corrected chi connectivity index (χ3v) is 4.76. The molecule has 2 aromatic carbocycles. The molecular formula is C20H15ClFN7O4. The van der Waals surface area contributed by atoms with E-state index in [1.54, 1.807) is 6.07 Å². The summed E-state index contributed by atoms with van der Waals surface area (Å²) in [5.41, 5.74) is 0.494. The van der Waals surface area contributed by atoms with Gasteiger partial charge in [0.1, 0.15) is 12.1 Å². The summed E-state index contributed by atoms with van der Waals surface area (Å²) in [6.07, 6.45) is 2.89. The number of hydrogen-bond acceptors (Lipinski definition) is 7. The van der Waals surface area contributed by atoms with Gasteiger partial charge in [-0.1, -0.05) is 29.8 Å². The lowest BCUT2D eigenvalue weighted by Gasteiger charge is -2.06. The van der Waals surface area contributed by atoms with Crippen LogP contribution < -0.4 is 10.1 Å². The highest BCUT2D eigenvalue weighted by Crippen LogP contribution is 2.27. The average molecular weight is 472 g/mol. The topological polar surface area (TPSA) is 130 Å². The normalized spacial score (nSPS) is 10.7. The van der Waals surface area contributed by atoms with Gasteiger partial charge in [0.05, 0.1) is 11.5 Å². The molecule has 33 heavy (non-hydrogen) atoms. The number of nitrogens with zero attached hydrogens (tertiary/aromatic N) is 6. The maximum absolute atomic E-state index is 13.4. The molecule has 13 heteroatoms. The van der Waals surface area contributed by atoms with Crippen molar-refractivity contribution in [3.8, 4) is 5.75 Å². The third-order valence-electron chi connectivity index (χ3n) is 4.40. The summed E-state index contributed by atoms with van der Waals surface area (Å²) in [6, 6.07) is 11.6. The average Bonchev–Trinajstić information content (AvgIpc) is 3.43. The van der Waals surface area contributed by atoms with Crippen LogP contribution in [0.25, 0.3) is 0 Å². The van der Waals surface area contributed by atoms with E-state index < -0.39 is 16.6 Å². The summed E-state index contributed by atoms with van der Waals surface area (Å²) in [5.74, 6) is -1.43. The summed E-state index contributed by atoms with van der Waals surface area (Å²) in [7, 11) is 0. The Morgan fingerprint density at radius 2 is 2.00 bits per heavy atom. The van der Waals surface area contributed by atoms with Gasteiger partial charge in [-0.05, 0) is 23.8 Å². The van der Waals surface area contributed by atoms with Crippen molar-refractivity contribution in [1.29, 1.82) is 0 Å². The van der Waals surface area contributed by atoms with E-state index in [1.165, 1.54) is 28.0 Å². The first-order valence-corrected chi connectivity index (χ1v) is 9.81. The number of carbonyl (C=O) groups is 1. The van der Waals surface area contributed by atoms with Crippen molar-refractivity contribution in [3.63, 3.8) is 0 Å². The molecule has 2 heterocycles. The highest BCUT2D eigenvalue weighted by molar-refractivity contribution is 6.31. The van der Waals surface area contributed by atoms with Crippen LogP contribution in [0.5, 0.6) is 5.75 Å². The van der Waals surface area contributed by atoms with Gasteiger partial charge in [0.25, 0.3) is 5.91 Å². The number of anilines is 1. The summed E-state index contributed by atoms with van der Waals surface area (Å²) < 4.78 is 21.4. The minimum atomic E-state index is -0.686. The molecule has 0 atom stereocenters. The largest absolute Gasteiger partial charge is 0.464 e. The molecule has 0 saturated carbocycles. The van der Waals surface area contributed by atoms with Crippen LogP contribution in [0.4, 0.5) is 16.0 Å². The number of nitro benzene ring substituents is 1. The molecule has 0 saturated heterocycles. The fourth-order valence-corrected chi connectivity index (χ4v) is 3.04. The van der Waals surface area contributed by atoms with Gasteiger partial charge in [0, 0.05) is 23.4 Å². The molecule has 4 aromatic rings. The van der Waals surface area contributed by atoms with Crippen LogP contribution in [0.3, 0.4) is 0 Å². The molecule has 2 aromatic heterocycles. The first kappa shape index (κ1) is 21.9. The standard InChI is InChI=1S/C20H15ClFN7O4/c21-15-4-2-1-3-13(15)10-28-11-23-20(26-28)24-19(30)16-7-8-27(25-16)12-33-18-9-14(22)5-6-17(18)29(31)32/h1-9,11H,10,12H2,(H,24,26,30). The van der Waals surface area contributed by atoms with Crippen LogP contribution in [0.15, 0.2) is 61.1 Å². The van der Waals surface area contributed by atoms with Crippen molar-refractivity contribution in [2.75, 3.05) is 5.32 Å². The number of benzene rings is 2. The van der Waals surface area contributed by atoms with Crippen molar-refractivity contribution < 1.29 is 18.8 Å². The van der Waals surface area contributed by atoms with Crippen LogP contribution in [-0.4, -0.2) is 35.4 Å². The Hall–Kier alpha value is -4.32. The van der Waals surface area contributed by atoms with Crippen LogP contribution in [-0.2, 0) is 13.3 Å². The molecule has 168 valence electrons. The number of hydrogen-bond donors (Lipinski definition) is 1. The van der Waals surface area contributed by atoms with E-state index in [2.05, 4.69) is 20.5 Å². The Morgan fingerprint density at radius 1 is 1.18 bits per heavy atom. The Kier molecular flexibility index (Phi) is 6.26. The third kappa shape index (κ3) is 5.30. The highest BCUT2D eigenvalue weighted by atomic mass is 35.5. The molecule has 0 aliphatic heterocycles. The first-order chi connectivity index (χ1) is 15.9. The molecule has 0 spiro atoms. The number of ether oxygens (including phenoxy) is 1. The summed E-state index contributed by atoms with van der Waals surface area (Å²) >= 11 is 6.14. The quantitative estimate of drug-likeness (QED) is 0.307. The van der Waals surface area contributed by atoms with Crippen LogP contribution in [0, 0.1) is 15.9 Å². The number of amides is 1. The Balaban J connectivity index is 1.37. The Labute approximate surface area is 190 Å². The van der Waals surface area contributed by atoms with Crippen LogP contribution >= 0.6 is 11.6 Å². The molecular weight excluding hydrogens is 457 g/mol. The van der Waals surface area contributed by atoms with Gasteiger partial charge in [0.2, 0.25) is 11.7 Å². The Bertz CT molecular complexity index is 1320. The number of carbonyl (C=O) groups excluding carboxylic acids is 1.